The summed E-state index contributed by atoms with van der Waals surface area (Å²) in [6.07, 6.45) is 8.02. The Morgan fingerprint density at radius 3 is 2.28 bits per heavy atom. The number of para-hydroxylation sites is 1. The number of rotatable bonds is 4. The summed E-state index contributed by atoms with van der Waals surface area (Å²) in [7, 11) is -0.385. The smallest absolute Gasteiger partial charge is 0.399 e. The quantitative estimate of drug-likeness (QED) is 0.425. The normalized spacial score (nSPS) is 18.9. The lowest BCUT2D eigenvalue weighted by atomic mass is 9.79. The molecule has 1 aliphatic heterocycles. The van der Waals surface area contributed by atoms with Gasteiger partial charge in [0, 0.05) is 16.5 Å². The van der Waals surface area contributed by atoms with Crippen LogP contribution in [-0.2, 0) is 9.31 Å². The lowest BCUT2D eigenvalue weighted by molar-refractivity contribution is 0.00578. The van der Waals surface area contributed by atoms with Crippen LogP contribution in [0.25, 0.3) is 27.5 Å². The van der Waals surface area contributed by atoms with Crippen LogP contribution in [0.4, 0.5) is 0 Å². The number of hydrogen-bond donors (Lipinski definition) is 0. The second kappa shape index (κ2) is 7.05. The van der Waals surface area contributed by atoms with Gasteiger partial charge in [-0.3, -0.25) is 0 Å². The van der Waals surface area contributed by atoms with Gasteiger partial charge < -0.3 is 13.9 Å². The topological polar surface area (TPSA) is 23.4 Å². The molecule has 0 amide bonds. The van der Waals surface area contributed by atoms with Crippen molar-refractivity contribution in [3.8, 4) is 0 Å². The maximum atomic E-state index is 6.29. The summed E-state index contributed by atoms with van der Waals surface area (Å²) < 4.78 is 14.9. The molecule has 0 spiro atoms. The SMILES string of the molecule is C=C/C=C(\C=C/C)n1c2ccccc2c2ccc(B3OC(C)(C)C(C)(C)O3)cc21. The van der Waals surface area contributed by atoms with Crippen molar-refractivity contribution in [1.29, 1.82) is 0 Å². The molecule has 2 heterocycles. The molecule has 4 heteroatoms. The van der Waals surface area contributed by atoms with Crippen molar-refractivity contribution in [2.45, 2.75) is 45.8 Å². The van der Waals surface area contributed by atoms with E-state index in [0.29, 0.717) is 0 Å². The Hall–Kier alpha value is -2.56. The van der Waals surface area contributed by atoms with Crippen molar-refractivity contribution in [3.63, 3.8) is 0 Å². The van der Waals surface area contributed by atoms with Crippen LogP contribution in [0, 0.1) is 0 Å². The third kappa shape index (κ3) is 3.17. The van der Waals surface area contributed by atoms with Gasteiger partial charge in [-0.15, -0.1) is 0 Å². The van der Waals surface area contributed by atoms with Crippen LogP contribution >= 0.6 is 0 Å². The number of benzene rings is 2. The van der Waals surface area contributed by atoms with Gasteiger partial charge in [0.25, 0.3) is 0 Å². The standard InChI is InChI=1S/C25H28BNO2/c1-7-11-19(12-8-2)27-22-14-10-9-13-20(22)21-16-15-18(17-23(21)27)26-28-24(3,4)25(5,6)29-26/h7-17H,1H2,2-6H3/b12-8-,19-11+. The van der Waals surface area contributed by atoms with Gasteiger partial charge in [-0.25, -0.2) is 0 Å². The van der Waals surface area contributed by atoms with Crippen LogP contribution in [0.5, 0.6) is 0 Å². The molecule has 1 aliphatic rings. The molecule has 2 aromatic carbocycles. The molecule has 0 unspecified atom stereocenters. The lowest BCUT2D eigenvalue weighted by Crippen LogP contribution is -2.41. The van der Waals surface area contributed by atoms with Crippen LogP contribution in [0.3, 0.4) is 0 Å². The monoisotopic (exact) mass is 385 g/mol. The highest BCUT2D eigenvalue weighted by atomic mass is 16.7. The Bertz CT molecular complexity index is 1130. The molecular formula is C25H28BNO2. The zero-order valence-corrected chi connectivity index (χ0v) is 17.9. The number of hydrogen-bond acceptors (Lipinski definition) is 2. The molecule has 1 aromatic heterocycles. The van der Waals surface area contributed by atoms with Crippen molar-refractivity contribution < 1.29 is 9.31 Å². The molecule has 1 saturated heterocycles. The highest BCUT2D eigenvalue weighted by Gasteiger charge is 2.51. The second-order valence-electron chi connectivity index (χ2n) is 8.54. The van der Waals surface area contributed by atoms with Crippen LogP contribution in [-0.4, -0.2) is 22.9 Å². The van der Waals surface area contributed by atoms with Crippen molar-refractivity contribution in [2.24, 2.45) is 0 Å². The van der Waals surface area contributed by atoms with E-state index in [1.165, 1.54) is 16.3 Å². The minimum atomic E-state index is -0.385. The summed E-state index contributed by atoms with van der Waals surface area (Å²) in [5.41, 5.74) is 3.67. The van der Waals surface area contributed by atoms with Gasteiger partial charge in [0.05, 0.1) is 22.2 Å². The first-order valence-corrected chi connectivity index (χ1v) is 10.1. The number of aromatic nitrogens is 1. The Morgan fingerprint density at radius 1 is 0.966 bits per heavy atom. The fourth-order valence-electron chi connectivity index (χ4n) is 3.89. The molecule has 0 atom stereocenters. The molecule has 0 saturated carbocycles. The van der Waals surface area contributed by atoms with E-state index >= 15 is 0 Å². The predicted octanol–water partition coefficient (Wildman–Crippen LogP) is 5.70. The minimum Gasteiger partial charge on any atom is -0.399 e. The number of allylic oxidation sites excluding steroid dienone is 5. The molecule has 0 aliphatic carbocycles. The molecule has 29 heavy (non-hydrogen) atoms. The fraction of sp³-hybridized carbons (Fsp3) is 0.280. The zero-order chi connectivity index (χ0) is 20.8. The Morgan fingerprint density at radius 2 is 1.62 bits per heavy atom. The van der Waals surface area contributed by atoms with Gasteiger partial charge >= 0.3 is 7.12 Å². The highest BCUT2D eigenvalue weighted by molar-refractivity contribution is 6.62. The third-order valence-electron chi connectivity index (χ3n) is 6.11. The summed E-state index contributed by atoms with van der Waals surface area (Å²) in [6.45, 7) is 14.3. The van der Waals surface area contributed by atoms with E-state index in [0.717, 1.165) is 16.7 Å². The fourth-order valence-corrected chi connectivity index (χ4v) is 3.89. The predicted molar refractivity (Wildman–Crippen MR) is 124 cm³/mol. The van der Waals surface area contributed by atoms with Gasteiger partial charge in [-0.2, -0.15) is 0 Å². The van der Waals surface area contributed by atoms with Gasteiger partial charge in [0.1, 0.15) is 0 Å². The third-order valence-corrected chi connectivity index (χ3v) is 6.11. The minimum absolute atomic E-state index is 0.363. The molecule has 0 N–H and O–H groups in total. The summed E-state index contributed by atoms with van der Waals surface area (Å²) in [6, 6.07) is 15.0. The molecule has 1 fully saturated rings. The largest absolute Gasteiger partial charge is 0.494 e. The molecule has 148 valence electrons. The highest BCUT2D eigenvalue weighted by Crippen LogP contribution is 2.37. The van der Waals surface area contributed by atoms with Crippen LogP contribution < -0.4 is 5.46 Å². The van der Waals surface area contributed by atoms with Crippen LogP contribution in [0.15, 0.2) is 73.3 Å². The Kier molecular flexibility index (Phi) is 4.80. The number of nitrogens with zero attached hydrogens (tertiary/aromatic N) is 1. The van der Waals surface area contributed by atoms with Crippen LogP contribution in [0.2, 0.25) is 0 Å². The summed E-state index contributed by atoms with van der Waals surface area (Å²) in [4.78, 5) is 0. The van der Waals surface area contributed by atoms with Crippen molar-refractivity contribution >= 4 is 40.1 Å². The van der Waals surface area contributed by atoms with Crippen molar-refractivity contribution in [2.75, 3.05) is 0 Å². The average Bonchev–Trinajstić information content (AvgIpc) is 3.11. The van der Waals surface area contributed by atoms with E-state index < -0.39 is 0 Å². The van der Waals surface area contributed by atoms with Gasteiger partial charge in [-0.05, 0) is 64.4 Å². The maximum Gasteiger partial charge on any atom is 0.494 e. The first kappa shape index (κ1) is 19.7. The Balaban J connectivity index is 1.95. The maximum absolute atomic E-state index is 6.29. The van der Waals surface area contributed by atoms with E-state index in [2.05, 4.69) is 87.4 Å². The first-order valence-electron chi connectivity index (χ1n) is 10.1. The molecular weight excluding hydrogens is 357 g/mol. The van der Waals surface area contributed by atoms with Crippen LogP contribution in [0.1, 0.15) is 34.6 Å². The first-order chi connectivity index (χ1) is 13.8. The van der Waals surface area contributed by atoms with Crippen molar-refractivity contribution in [3.05, 3.63) is 73.3 Å². The van der Waals surface area contributed by atoms with E-state index in [1.807, 2.05) is 25.2 Å². The summed E-state index contributed by atoms with van der Waals surface area (Å²) in [5.74, 6) is 0. The average molecular weight is 385 g/mol. The van der Waals surface area contributed by atoms with Gasteiger partial charge in [0.2, 0.25) is 0 Å². The van der Waals surface area contributed by atoms with E-state index in [4.69, 9.17) is 9.31 Å². The van der Waals surface area contributed by atoms with Gasteiger partial charge in [0.15, 0.2) is 0 Å². The molecule has 0 bridgehead atoms. The summed E-state index contributed by atoms with van der Waals surface area (Å²) in [5, 5.41) is 2.43. The van der Waals surface area contributed by atoms with Gasteiger partial charge in [-0.1, -0.05) is 49.1 Å². The number of fused-ring (bicyclic) bond motifs is 3. The molecule has 3 nitrogen and oxygen atoms in total. The second-order valence-corrected chi connectivity index (χ2v) is 8.54. The lowest BCUT2D eigenvalue weighted by Gasteiger charge is -2.32. The summed E-state index contributed by atoms with van der Waals surface area (Å²) >= 11 is 0. The zero-order valence-electron chi connectivity index (χ0n) is 17.9. The van der Waals surface area contributed by atoms with E-state index in [9.17, 15) is 0 Å². The van der Waals surface area contributed by atoms with Crippen molar-refractivity contribution in [1.82, 2.24) is 4.57 Å². The molecule has 3 aromatic rings. The van der Waals surface area contributed by atoms with E-state index in [-0.39, 0.29) is 18.3 Å². The molecule has 0 radical (unpaired) electrons. The van der Waals surface area contributed by atoms with E-state index in [1.54, 1.807) is 0 Å². The Labute approximate surface area is 173 Å². The molecule has 4 rings (SSSR count).